The maximum atomic E-state index is 12.9. The smallest absolute Gasteiger partial charge is 0.410 e. The number of ether oxygens (including phenoxy) is 1. The van der Waals surface area contributed by atoms with Gasteiger partial charge in [-0.15, -0.1) is 0 Å². The topological polar surface area (TPSA) is 79.0 Å². The lowest BCUT2D eigenvalue weighted by molar-refractivity contribution is -0.135. The van der Waals surface area contributed by atoms with Gasteiger partial charge >= 0.3 is 6.09 Å². The van der Waals surface area contributed by atoms with Crippen LogP contribution < -0.4 is 5.32 Å². The molecule has 0 radical (unpaired) electrons. The maximum absolute atomic E-state index is 12.9. The lowest BCUT2D eigenvalue weighted by Gasteiger charge is -2.35. The fourth-order valence-electron chi connectivity index (χ4n) is 2.73. The van der Waals surface area contributed by atoms with Crippen molar-refractivity contribution in [3.05, 3.63) is 35.6 Å². The average Bonchev–Trinajstić information content (AvgIpc) is 2.64. The zero-order chi connectivity index (χ0) is 20.7. The number of hydrogen-bond donors (Lipinski definition) is 1. The Hall–Kier alpha value is -2.64. The van der Waals surface area contributed by atoms with Gasteiger partial charge in [0, 0.05) is 45.6 Å². The molecule has 0 unspecified atom stereocenters. The van der Waals surface area contributed by atoms with E-state index in [9.17, 15) is 18.8 Å². The molecular formula is C20H28FN3O4. The van der Waals surface area contributed by atoms with Gasteiger partial charge < -0.3 is 19.9 Å². The van der Waals surface area contributed by atoms with E-state index in [0.29, 0.717) is 32.7 Å². The number of amides is 3. The third-order valence-corrected chi connectivity index (χ3v) is 4.25. The Balaban J connectivity index is 1.67. The number of benzene rings is 1. The van der Waals surface area contributed by atoms with Crippen LogP contribution in [0.25, 0.3) is 0 Å². The zero-order valence-corrected chi connectivity index (χ0v) is 16.7. The molecule has 1 saturated heterocycles. The highest BCUT2D eigenvalue weighted by Gasteiger charge is 2.27. The summed E-state index contributed by atoms with van der Waals surface area (Å²) in [7, 11) is 0. The quantitative estimate of drug-likeness (QED) is 0.833. The van der Waals surface area contributed by atoms with Gasteiger partial charge in [0.1, 0.15) is 11.4 Å². The van der Waals surface area contributed by atoms with Crippen LogP contribution in [0.4, 0.5) is 9.18 Å². The van der Waals surface area contributed by atoms with E-state index in [1.165, 1.54) is 12.1 Å². The third kappa shape index (κ3) is 7.17. The van der Waals surface area contributed by atoms with E-state index in [0.717, 1.165) is 5.56 Å². The molecule has 0 aliphatic carbocycles. The molecule has 0 bridgehead atoms. The van der Waals surface area contributed by atoms with Gasteiger partial charge in [0.15, 0.2) is 0 Å². The van der Waals surface area contributed by atoms with Crippen molar-refractivity contribution < 1.29 is 23.5 Å². The van der Waals surface area contributed by atoms with E-state index in [4.69, 9.17) is 4.74 Å². The zero-order valence-electron chi connectivity index (χ0n) is 16.7. The van der Waals surface area contributed by atoms with Crippen LogP contribution in [0.3, 0.4) is 0 Å². The average molecular weight is 393 g/mol. The van der Waals surface area contributed by atoms with Crippen LogP contribution in [0.1, 0.15) is 39.2 Å². The highest BCUT2D eigenvalue weighted by Crippen LogP contribution is 2.12. The molecule has 1 aromatic carbocycles. The number of carbonyl (C=O) groups is 3. The van der Waals surface area contributed by atoms with Crippen molar-refractivity contribution in [3.8, 4) is 0 Å². The highest BCUT2D eigenvalue weighted by molar-refractivity contribution is 5.84. The molecule has 0 spiro atoms. The van der Waals surface area contributed by atoms with Crippen molar-refractivity contribution in [1.82, 2.24) is 15.1 Å². The van der Waals surface area contributed by atoms with Gasteiger partial charge in [-0.3, -0.25) is 9.59 Å². The number of piperazine rings is 1. The normalized spacial score (nSPS) is 14.6. The molecule has 0 atom stereocenters. The summed E-state index contributed by atoms with van der Waals surface area (Å²) in [5.74, 6) is -0.668. The molecule has 1 fully saturated rings. The van der Waals surface area contributed by atoms with E-state index in [-0.39, 0.29) is 36.6 Å². The van der Waals surface area contributed by atoms with Gasteiger partial charge in [-0.2, -0.15) is 0 Å². The summed E-state index contributed by atoms with van der Waals surface area (Å²) in [5.41, 5.74) is 0.241. The molecule has 7 nitrogen and oxygen atoms in total. The summed E-state index contributed by atoms with van der Waals surface area (Å²) in [6.07, 6.45) is -0.173. The first-order valence-electron chi connectivity index (χ1n) is 9.41. The summed E-state index contributed by atoms with van der Waals surface area (Å²) in [6.45, 7) is 7.41. The molecule has 28 heavy (non-hydrogen) atoms. The fourth-order valence-corrected chi connectivity index (χ4v) is 2.73. The van der Waals surface area contributed by atoms with E-state index < -0.39 is 5.60 Å². The Labute approximate surface area is 164 Å². The first-order chi connectivity index (χ1) is 13.1. The predicted molar refractivity (Wildman–Crippen MR) is 102 cm³/mol. The molecule has 154 valence electrons. The van der Waals surface area contributed by atoms with Crippen molar-refractivity contribution in [1.29, 1.82) is 0 Å². The summed E-state index contributed by atoms with van der Waals surface area (Å²) in [5, 5.41) is 2.72. The van der Waals surface area contributed by atoms with E-state index in [2.05, 4.69) is 5.32 Å². The largest absolute Gasteiger partial charge is 0.444 e. The first-order valence-corrected chi connectivity index (χ1v) is 9.41. The fraction of sp³-hybridized carbons (Fsp3) is 0.550. The molecule has 0 saturated carbocycles. The van der Waals surface area contributed by atoms with Crippen molar-refractivity contribution in [2.24, 2.45) is 0 Å². The van der Waals surface area contributed by atoms with Crippen LogP contribution in [0.15, 0.2) is 24.3 Å². The molecular weight excluding hydrogens is 365 g/mol. The lowest BCUT2D eigenvalue weighted by Crippen LogP contribution is -2.51. The van der Waals surface area contributed by atoms with Crippen molar-refractivity contribution in [2.45, 2.75) is 45.8 Å². The van der Waals surface area contributed by atoms with Crippen LogP contribution >= 0.6 is 0 Å². The third-order valence-electron chi connectivity index (χ3n) is 4.25. The van der Waals surface area contributed by atoms with Gasteiger partial charge in [-0.1, -0.05) is 12.1 Å². The standard InChI is InChI=1S/C20H28FN3O4/c1-20(2,3)28-19(27)24-12-10-23(11-13-24)18(26)9-8-17(25)22-14-15-4-6-16(21)7-5-15/h4-7H,8-14H2,1-3H3,(H,22,25). The Morgan fingerprint density at radius 3 is 2.14 bits per heavy atom. The second-order valence-electron chi connectivity index (χ2n) is 7.75. The molecule has 1 heterocycles. The number of halogens is 1. The summed E-state index contributed by atoms with van der Waals surface area (Å²) in [6, 6.07) is 5.87. The first kappa shape index (κ1) is 21.7. The van der Waals surface area contributed by atoms with Crippen LogP contribution in [-0.2, 0) is 20.9 Å². The van der Waals surface area contributed by atoms with Gasteiger partial charge in [-0.25, -0.2) is 9.18 Å². The van der Waals surface area contributed by atoms with Crippen molar-refractivity contribution in [3.63, 3.8) is 0 Å². The Morgan fingerprint density at radius 2 is 1.57 bits per heavy atom. The number of rotatable bonds is 5. The molecule has 8 heteroatoms. The second kappa shape index (κ2) is 9.52. The monoisotopic (exact) mass is 393 g/mol. The van der Waals surface area contributed by atoms with E-state index >= 15 is 0 Å². The lowest BCUT2D eigenvalue weighted by atomic mass is 10.2. The van der Waals surface area contributed by atoms with Gasteiger partial charge in [0.05, 0.1) is 0 Å². The Bertz CT molecular complexity index is 692. The molecule has 2 rings (SSSR count). The minimum Gasteiger partial charge on any atom is -0.444 e. The molecule has 0 aromatic heterocycles. The summed E-state index contributed by atoms with van der Waals surface area (Å²) >= 11 is 0. The molecule has 1 aliphatic rings. The van der Waals surface area contributed by atoms with E-state index in [1.54, 1.807) is 21.9 Å². The minimum atomic E-state index is -0.550. The minimum absolute atomic E-state index is 0.0896. The number of carbonyl (C=O) groups excluding carboxylic acids is 3. The SMILES string of the molecule is CC(C)(C)OC(=O)N1CCN(C(=O)CCC(=O)NCc2ccc(F)cc2)CC1. The van der Waals surface area contributed by atoms with E-state index in [1.807, 2.05) is 20.8 Å². The Kier molecular flexibility index (Phi) is 7.37. The predicted octanol–water partition coefficient (Wildman–Crippen LogP) is 2.30. The van der Waals surface area contributed by atoms with Gasteiger partial charge in [-0.05, 0) is 38.5 Å². The number of nitrogens with zero attached hydrogens (tertiary/aromatic N) is 2. The van der Waals surface area contributed by atoms with Crippen LogP contribution in [-0.4, -0.2) is 59.5 Å². The molecule has 3 amide bonds. The summed E-state index contributed by atoms with van der Waals surface area (Å²) < 4.78 is 18.2. The highest BCUT2D eigenvalue weighted by atomic mass is 19.1. The van der Waals surface area contributed by atoms with Gasteiger partial charge in [0.25, 0.3) is 0 Å². The summed E-state index contributed by atoms with van der Waals surface area (Å²) in [4.78, 5) is 39.5. The molecule has 1 aliphatic heterocycles. The van der Waals surface area contributed by atoms with Crippen molar-refractivity contribution in [2.75, 3.05) is 26.2 Å². The Morgan fingerprint density at radius 1 is 1.00 bits per heavy atom. The number of nitrogens with one attached hydrogen (secondary N) is 1. The second-order valence-corrected chi connectivity index (χ2v) is 7.75. The maximum Gasteiger partial charge on any atom is 0.410 e. The van der Waals surface area contributed by atoms with Crippen LogP contribution in [0.2, 0.25) is 0 Å². The molecule has 1 aromatic rings. The molecule has 1 N–H and O–H groups in total. The van der Waals surface area contributed by atoms with Crippen LogP contribution in [0.5, 0.6) is 0 Å². The van der Waals surface area contributed by atoms with Crippen LogP contribution in [0, 0.1) is 5.82 Å². The van der Waals surface area contributed by atoms with Crippen molar-refractivity contribution >= 4 is 17.9 Å². The van der Waals surface area contributed by atoms with Gasteiger partial charge in [0.2, 0.25) is 11.8 Å². The number of hydrogen-bond acceptors (Lipinski definition) is 4.